The van der Waals surface area contributed by atoms with Crippen molar-refractivity contribution in [3.05, 3.63) is 82.1 Å². The van der Waals surface area contributed by atoms with Gasteiger partial charge >= 0.3 is 0 Å². The number of amides is 1. The number of Topliss-reactive ketones (excluding diaryl/α,β-unsaturated/α-hetero) is 1. The Hall–Kier alpha value is -3.52. The zero-order valence-electron chi connectivity index (χ0n) is 19.3. The lowest BCUT2D eigenvalue weighted by molar-refractivity contribution is -0.131. The van der Waals surface area contributed by atoms with Crippen LogP contribution in [0, 0.1) is 12.8 Å². The van der Waals surface area contributed by atoms with E-state index in [4.69, 9.17) is 9.47 Å². The van der Waals surface area contributed by atoms with Crippen molar-refractivity contribution in [1.82, 2.24) is 10.2 Å². The van der Waals surface area contributed by atoms with Gasteiger partial charge in [0.05, 0.1) is 17.5 Å². The molecular weight excluding hydrogens is 462 g/mol. The number of aromatic nitrogens is 2. The van der Waals surface area contributed by atoms with Gasteiger partial charge in [-0.1, -0.05) is 60.2 Å². The summed E-state index contributed by atoms with van der Waals surface area (Å²) < 4.78 is 12.3. The molecule has 178 valence electrons. The third-order valence-electron chi connectivity index (χ3n) is 6.91. The SMILES string of the molecule is Cc1nnc(N2C(=O)C3=C(C(=O)C4CCCCC4O3)C2c2cccc(OCc3ccccc3)c2)s1. The van der Waals surface area contributed by atoms with E-state index in [9.17, 15) is 9.59 Å². The number of hydrogen-bond donors (Lipinski definition) is 0. The van der Waals surface area contributed by atoms with Crippen molar-refractivity contribution in [3.63, 3.8) is 0 Å². The molecule has 35 heavy (non-hydrogen) atoms. The van der Waals surface area contributed by atoms with Crippen LogP contribution in [0.3, 0.4) is 0 Å². The molecule has 2 aromatic carbocycles. The third kappa shape index (κ3) is 3.91. The largest absolute Gasteiger partial charge is 0.489 e. The minimum Gasteiger partial charge on any atom is -0.489 e. The predicted octanol–water partition coefficient (Wildman–Crippen LogP) is 4.93. The molecule has 1 aromatic heterocycles. The number of ether oxygens (including phenoxy) is 2. The second-order valence-electron chi connectivity index (χ2n) is 9.18. The van der Waals surface area contributed by atoms with Crippen molar-refractivity contribution in [2.75, 3.05) is 4.90 Å². The molecule has 0 saturated heterocycles. The van der Waals surface area contributed by atoms with E-state index in [1.165, 1.54) is 11.3 Å². The number of carbonyl (C=O) groups is 2. The standard InChI is InChI=1S/C27H25N3O4S/c1-16-28-29-27(35-16)30-23(18-10-7-11-19(14-18)33-15-17-8-3-2-4-9-17)22-24(31)20-12-5-6-13-21(20)34-25(22)26(30)32/h2-4,7-11,14,20-21,23H,5-6,12-13,15H2,1H3. The molecule has 1 saturated carbocycles. The summed E-state index contributed by atoms with van der Waals surface area (Å²) in [5, 5.41) is 9.57. The number of aryl methyl sites for hydroxylation is 1. The van der Waals surface area contributed by atoms with Gasteiger partial charge in [-0.25, -0.2) is 0 Å². The first-order chi connectivity index (χ1) is 17.1. The van der Waals surface area contributed by atoms with E-state index >= 15 is 0 Å². The molecular formula is C27H25N3O4S. The number of fused-ring (bicyclic) bond motifs is 1. The quantitative estimate of drug-likeness (QED) is 0.508. The highest BCUT2D eigenvalue weighted by atomic mass is 32.1. The molecule has 2 aliphatic heterocycles. The lowest BCUT2D eigenvalue weighted by Crippen LogP contribution is -2.39. The Balaban J connectivity index is 1.39. The first-order valence-corrected chi connectivity index (χ1v) is 12.8. The number of nitrogens with zero attached hydrogens (tertiary/aromatic N) is 3. The summed E-state index contributed by atoms with van der Waals surface area (Å²) in [6.07, 6.45) is 3.37. The summed E-state index contributed by atoms with van der Waals surface area (Å²) in [6, 6.07) is 16.9. The monoisotopic (exact) mass is 487 g/mol. The summed E-state index contributed by atoms with van der Waals surface area (Å²) in [6.45, 7) is 2.27. The molecule has 1 fully saturated rings. The van der Waals surface area contributed by atoms with Crippen LogP contribution >= 0.6 is 11.3 Å². The van der Waals surface area contributed by atoms with E-state index in [2.05, 4.69) is 10.2 Å². The molecule has 8 heteroatoms. The smallest absolute Gasteiger partial charge is 0.296 e. The zero-order chi connectivity index (χ0) is 23.9. The van der Waals surface area contributed by atoms with E-state index in [0.717, 1.165) is 41.8 Å². The van der Waals surface area contributed by atoms with Gasteiger partial charge in [0.15, 0.2) is 11.5 Å². The number of anilines is 1. The maximum atomic E-state index is 13.8. The lowest BCUT2D eigenvalue weighted by Gasteiger charge is -2.35. The molecule has 3 unspecified atom stereocenters. The van der Waals surface area contributed by atoms with Crippen molar-refractivity contribution >= 4 is 28.2 Å². The van der Waals surface area contributed by atoms with Crippen molar-refractivity contribution in [2.45, 2.75) is 51.4 Å². The van der Waals surface area contributed by atoms with Crippen molar-refractivity contribution in [1.29, 1.82) is 0 Å². The Morgan fingerprint density at radius 3 is 2.69 bits per heavy atom. The van der Waals surface area contributed by atoms with Crippen LogP contribution in [0.25, 0.3) is 0 Å². The molecule has 0 radical (unpaired) electrons. The Morgan fingerprint density at radius 2 is 1.89 bits per heavy atom. The minimum absolute atomic E-state index is 0.0219. The summed E-state index contributed by atoms with van der Waals surface area (Å²) >= 11 is 1.33. The van der Waals surface area contributed by atoms with Gasteiger partial charge in [-0.05, 0) is 49.4 Å². The Morgan fingerprint density at radius 1 is 1.06 bits per heavy atom. The summed E-state index contributed by atoms with van der Waals surface area (Å²) in [5.41, 5.74) is 2.28. The highest BCUT2D eigenvalue weighted by Crippen LogP contribution is 2.49. The lowest BCUT2D eigenvalue weighted by atomic mass is 9.77. The molecule has 0 spiro atoms. The van der Waals surface area contributed by atoms with Crippen LogP contribution in [-0.2, 0) is 20.9 Å². The summed E-state index contributed by atoms with van der Waals surface area (Å²) in [5.74, 6) is 0.335. The molecule has 3 aliphatic rings. The van der Waals surface area contributed by atoms with Crippen LogP contribution in [0.5, 0.6) is 5.75 Å². The van der Waals surface area contributed by atoms with Gasteiger partial charge < -0.3 is 9.47 Å². The number of carbonyl (C=O) groups excluding carboxylic acids is 2. The van der Waals surface area contributed by atoms with Crippen LogP contribution in [0.1, 0.15) is 47.9 Å². The van der Waals surface area contributed by atoms with Crippen LogP contribution in [-0.4, -0.2) is 28.0 Å². The average Bonchev–Trinajstić information content (AvgIpc) is 3.44. The summed E-state index contributed by atoms with van der Waals surface area (Å²) in [4.78, 5) is 29.0. The predicted molar refractivity (Wildman–Crippen MR) is 131 cm³/mol. The van der Waals surface area contributed by atoms with E-state index in [1.807, 2.05) is 61.5 Å². The highest BCUT2D eigenvalue weighted by Gasteiger charge is 2.53. The number of rotatable bonds is 5. The molecule has 0 N–H and O–H groups in total. The molecule has 3 heterocycles. The second-order valence-corrected chi connectivity index (χ2v) is 10.3. The topological polar surface area (TPSA) is 81.6 Å². The van der Waals surface area contributed by atoms with Crippen LogP contribution < -0.4 is 9.64 Å². The Kier molecular flexibility index (Phi) is 5.60. The van der Waals surface area contributed by atoms with Gasteiger partial charge in [-0.2, -0.15) is 0 Å². The molecule has 3 aromatic rings. The average molecular weight is 488 g/mol. The van der Waals surface area contributed by atoms with Gasteiger partial charge in [-0.3, -0.25) is 14.5 Å². The van der Waals surface area contributed by atoms with Crippen LogP contribution in [0.15, 0.2) is 65.9 Å². The fourth-order valence-corrected chi connectivity index (χ4v) is 5.97. The third-order valence-corrected chi connectivity index (χ3v) is 7.74. The normalized spacial score (nSPS) is 23.7. The maximum Gasteiger partial charge on any atom is 0.296 e. The van der Waals surface area contributed by atoms with Gasteiger partial charge in [0.1, 0.15) is 23.5 Å². The zero-order valence-corrected chi connectivity index (χ0v) is 20.2. The molecule has 1 amide bonds. The van der Waals surface area contributed by atoms with E-state index in [-0.39, 0.29) is 29.5 Å². The maximum absolute atomic E-state index is 13.8. The molecule has 7 nitrogen and oxygen atoms in total. The first kappa shape index (κ1) is 22.0. The highest BCUT2D eigenvalue weighted by molar-refractivity contribution is 7.15. The molecule has 3 atom stereocenters. The van der Waals surface area contributed by atoms with E-state index < -0.39 is 6.04 Å². The van der Waals surface area contributed by atoms with Crippen LogP contribution in [0.2, 0.25) is 0 Å². The molecule has 6 rings (SSSR count). The minimum atomic E-state index is -0.625. The van der Waals surface area contributed by atoms with Gasteiger partial charge in [-0.15, -0.1) is 10.2 Å². The van der Waals surface area contributed by atoms with E-state index in [1.54, 1.807) is 4.90 Å². The molecule has 0 bridgehead atoms. The van der Waals surface area contributed by atoms with Crippen LogP contribution in [0.4, 0.5) is 5.13 Å². The number of ketones is 1. The fraction of sp³-hybridized carbons (Fsp3) is 0.333. The second kappa shape index (κ2) is 8.92. The Bertz CT molecular complexity index is 1320. The van der Waals surface area contributed by atoms with Gasteiger partial charge in [0.2, 0.25) is 5.13 Å². The van der Waals surface area contributed by atoms with E-state index in [0.29, 0.717) is 23.1 Å². The number of benzene rings is 2. The van der Waals surface area contributed by atoms with Gasteiger partial charge in [0.25, 0.3) is 5.91 Å². The fourth-order valence-electron chi connectivity index (χ4n) is 5.26. The Labute approximate surface area is 207 Å². The van der Waals surface area contributed by atoms with Crippen molar-refractivity contribution in [2.24, 2.45) is 5.92 Å². The van der Waals surface area contributed by atoms with Gasteiger partial charge in [0, 0.05) is 0 Å². The first-order valence-electron chi connectivity index (χ1n) is 12.0. The molecule has 1 aliphatic carbocycles. The van der Waals surface area contributed by atoms with Crippen molar-refractivity contribution in [3.8, 4) is 5.75 Å². The van der Waals surface area contributed by atoms with Crippen molar-refractivity contribution < 1.29 is 19.1 Å². The summed E-state index contributed by atoms with van der Waals surface area (Å²) in [7, 11) is 0. The number of hydrogen-bond acceptors (Lipinski definition) is 7.